The van der Waals surface area contributed by atoms with Gasteiger partial charge in [0.1, 0.15) is 6.04 Å². The highest BCUT2D eigenvalue weighted by molar-refractivity contribution is 5.86. The summed E-state index contributed by atoms with van der Waals surface area (Å²) in [6, 6.07) is 14.6. The number of carboxylic acid groups (broad SMARTS) is 1. The fraction of sp³-hybridized carbons (Fsp3) is 0.273. The molecule has 2 heterocycles. The minimum Gasteiger partial charge on any atom is -0.480 e. The van der Waals surface area contributed by atoms with Crippen molar-refractivity contribution < 1.29 is 19.4 Å². The van der Waals surface area contributed by atoms with Gasteiger partial charge >= 0.3 is 5.97 Å². The van der Waals surface area contributed by atoms with Gasteiger partial charge in [-0.1, -0.05) is 42.5 Å². The van der Waals surface area contributed by atoms with Crippen LogP contribution in [0.1, 0.15) is 29.2 Å². The van der Waals surface area contributed by atoms with E-state index in [2.05, 4.69) is 10.3 Å². The van der Waals surface area contributed by atoms with Crippen molar-refractivity contribution in [2.75, 3.05) is 6.61 Å². The van der Waals surface area contributed by atoms with E-state index in [4.69, 9.17) is 4.74 Å². The maximum atomic E-state index is 12.6. The first-order valence-corrected chi connectivity index (χ1v) is 9.38. The average molecular weight is 378 g/mol. The zero-order valence-electron chi connectivity index (χ0n) is 15.4. The molecule has 2 unspecified atom stereocenters. The zero-order valence-corrected chi connectivity index (χ0v) is 15.4. The number of benzene rings is 2. The highest BCUT2D eigenvalue weighted by Gasteiger charge is 2.26. The van der Waals surface area contributed by atoms with Crippen LogP contribution < -0.4 is 5.32 Å². The third-order valence-corrected chi connectivity index (χ3v) is 5.20. The molecule has 0 spiro atoms. The Morgan fingerprint density at radius 1 is 1.18 bits per heavy atom. The van der Waals surface area contributed by atoms with Crippen LogP contribution in [0.15, 0.2) is 54.7 Å². The Bertz CT molecular complexity index is 1010. The predicted octanol–water partition coefficient (Wildman–Crippen LogP) is 2.98. The molecule has 0 aliphatic carbocycles. The van der Waals surface area contributed by atoms with Crippen molar-refractivity contribution in [1.82, 2.24) is 10.3 Å². The lowest BCUT2D eigenvalue weighted by atomic mass is 9.95. The predicted molar refractivity (Wildman–Crippen MR) is 105 cm³/mol. The smallest absolute Gasteiger partial charge is 0.326 e. The lowest BCUT2D eigenvalue weighted by molar-refractivity contribution is -0.142. The molecular weight excluding hydrogens is 356 g/mol. The van der Waals surface area contributed by atoms with Gasteiger partial charge in [-0.25, -0.2) is 4.79 Å². The molecule has 2 atom stereocenters. The van der Waals surface area contributed by atoms with Gasteiger partial charge in [0, 0.05) is 23.5 Å². The van der Waals surface area contributed by atoms with Crippen molar-refractivity contribution >= 4 is 22.8 Å². The number of fused-ring (bicyclic) bond motifs is 2. The number of aliphatic carboxylic acids is 1. The van der Waals surface area contributed by atoms with Crippen molar-refractivity contribution in [3.05, 3.63) is 71.4 Å². The molecule has 0 fully saturated rings. The molecule has 6 nitrogen and oxygen atoms in total. The summed E-state index contributed by atoms with van der Waals surface area (Å²) in [4.78, 5) is 27.4. The van der Waals surface area contributed by atoms with Crippen molar-refractivity contribution in [3.63, 3.8) is 0 Å². The van der Waals surface area contributed by atoms with Gasteiger partial charge in [-0.2, -0.15) is 0 Å². The van der Waals surface area contributed by atoms with E-state index in [9.17, 15) is 14.7 Å². The van der Waals surface area contributed by atoms with Crippen LogP contribution in [0.2, 0.25) is 0 Å². The number of H-pyrrole nitrogens is 1. The molecular formula is C22H22N2O4. The van der Waals surface area contributed by atoms with Crippen molar-refractivity contribution in [2.24, 2.45) is 0 Å². The second-order valence-electron chi connectivity index (χ2n) is 7.03. The number of carbonyl (C=O) groups excluding carboxylic acids is 1. The van der Waals surface area contributed by atoms with E-state index >= 15 is 0 Å². The van der Waals surface area contributed by atoms with Crippen LogP contribution in [0.25, 0.3) is 10.9 Å². The summed E-state index contributed by atoms with van der Waals surface area (Å²) in [5.41, 5.74) is 4.00. The molecule has 0 radical (unpaired) electrons. The number of para-hydroxylation sites is 1. The fourth-order valence-electron chi connectivity index (χ4n) is 3.79. The summed E-state index contributed by atoms with van der Waals surface area (Å²) in [6.07, 6.45) is 2.61. The first kappa shape index (κ1) is 18.3. The van der Waals surface area contributed by atoms with Gasteiger partial charge in [-0.15, -0.1) is 0 Å². The second kappa shape index (κ2) is 7.86. The molecule has 1 aliphatic rings. The standard InChI is InChI=1S/C22H22N2O4/c25-21(12-20-17-7-2-1-5-14(17)9-10-28-20)24-19(22(26)27)11-15-13-23-18-8-4-3-6-16(15)18/h1-8,13,19-20,23H,9-12H2,(H,24,25)(H,26,27). The Kier molecular flexibility index (Phi) is 5.12. The summed E-state index contributed by atoms with van der Waals surface area (Å²) in [7, 11) is 0. The largest absolute Gasteiger partial charge is 0.480 e. The zero-order chi connectivity index (χ0) is 19.5. The van der Waals surface area contributed by atoms with Gasteiger partial charge in [0.2, 0.25) is 5.91 Å². The summed E-state index contributed by atoms with van der Waals surface area (Å²) in [5, 5.41) is 13.2. The molecule has 1 aliphatic heterocycles. The highest BCUT2D eigenvalue weighted by atomic mass is 16.5. The van der Waals surface area contributed by atoms with Crippen LogP contribution in [-0.4, -0.2) is 34.6 Å². The normalized spacial score (nSPS) is 17.1. The Labute approximate surface area is 162 Å². The number of hydrogen-bond donors (Lipinski definition) is 3. The molecule has 6 heteroatoms. The van der Waals surface area contributed by atoms with Gasteiger partial charge in [0.05, 0.1) is 19.1 Å². The van der Waals surface area contributed by atoms with Crippen molar-refractivity contribution in [2.45, 2.75) is 31.4 Å². The summed E-state index contributed by atoms with van der Waals surface area (Å²) < 4.78 is 5.77. The molecule has 144 valence electrons. The number of ether oxygens (including phenoxy) is 1. The van der Waals surface area contributed by atoms with Crippen LogP contribution in [0, 0.1) is 0 Å². The maximum absolute atomic E-state index is 12.6. The third kappa shape index (κ3) is 3.77. The first-order valence-electron chi connectivity index (χ1n) is 9.38. The number of hydrogen-bond acceptors (Lipinski definition) is 3. The Hall–Kier alpha value is -3.12. The highest BCUT2D eigenvalue weighted by Crippen LogP contribution is 2.29. The third-order valence-electron chi connectivity index (χ3n) is 5.20. The van der Waals surface area contributed by atoms with E-state index in [0.29, 0.717) is 6.61 Å². The quantitative estimate of drug-likeness (QED) is 0.615. The molecule has 1 aromatic heterocycles. The molecule has 4 rings (SSSR count). The summed E-state index contributed by atoms with van der Waals surface area (Å²) in [5.74, 6) is -1.38. The number of aromatic nitrogens is 1. The SMILES string of the molecule is O=C(CC1OCCc2ccccc21)NC(Cc1c[nH]c2ccccc12)C(=O)O. The number of carbonyl (C=O) groups is 2. The van der Waals surface area contributed by atoms with Gasteiger partial charge in [0.15, 0.2) is 0 Å². The van der Waals surface area contributed by atoms with Crippen LogP contribution in [0.5, 0.6) is 0 Å². The van der Waals surface area contributed by atoms with E-state index < -0.39 is 12.0 Å². The topological polar surface area (TPSA) is 91.4 Å². The molecule has 0 saturated heterocycles. The van der Waals surface area contributed by atoms with E-state index in [1.54, 1.807) is 6.20 Å². The Morgan fingerprint density at radius 3 is 2.82 bits per heavy atom. The molecule has 0 saturated carbocycles. The van der Waals surface area contributed by atoms with E-state index in [0.717, 1.165) is 28.5 Å². The maximum Gasteiger partial charge on any atom is 0.326 e. The number of amides is 1. The van der Waals surface area contributed by atoms with Crippen molar-refractivity contribution in [1.29, 1.82) is 0 Å². The Balaban J connectivity index is 1.45. The number of aromatic amines is 1. The number of carboxylic acids is 1. The summed E-state index contributed by atoms with van der Waals surface area (Å²) in [6.45, 7) is 0.562. The number of nitrogens with one attached hydrogen (secondary N) is 2. The van der Waals surface area contributed by atoms with Crippen LogP contribution in [0.4, 0.5) is 0 Å². The fourth-order valence-corrected chi connectivity index (χ4v) is 3.79. The monoisotopic (exact) mass is 378 g/mol. The first-order chi connectivity index (χ1) is 13.6. The average Bonchev–Trinajstić information content (AvgIpc) is 3.11. The van der Waals surface area contributed by atoms with Crippen LogP contribution >= 0.6 is 0 Å². The van der Waals surface area contributed by atoms with Crippen LogP contribution in [0.3, 0.4) is 0 Å². The minimum absolute atomic E-state index is 0.106. The number of rotatable bonds is 6. The lowest BCUT2D eigenvalue weighted by Gasteiger charge is -2.26. The van der Waals surface area contributed by atoms with Gasteiger partial charge in [0.25, 0.3) is 0 Å². The molecule has 1 amide bonds. The van der Waals surface area contributed by atoms with Crippen LogP contribution in [-0.2, 0) is 27.2 Å². The molecule has 3 N–H and O–H groups in total. The Morgan fingerprint density at radius 2 is 1.96 bits per heavy atom. The van der Waals surface area contributed by atoms with Crippen molar-refractivity contribution in [3.8, 4) is 0 Å². The van der Waals surface area contributed by atoms with E-state index in [1.807, 2.05) is 48.5 Å². The van der Waals surface area contributed by atoms with E-state index in [1.165, 1.54) is 5.56 Å². The van der Waals surface area contributed by atoms with Gasteiger partial charge in [-0.3, -0.25) is 4.79 Å². The molecule has 2 aromatic carbocycles. The molecule has 28 heavy (non-hydrogen) atoms. The van der Waals surface area contributed by atoms with E-state index in [-0.39, 0.29) is 24.9 Å². The lowest BCUT2D eigenvalue weighted by Crippen LogP contribution is -2.43. The summed E-state index contributed by atoms with van der Waals surface area (Å²) >= 11 is 0. The molecule has 0 bridgehead atoms. The second-order valence-corrected chi connectivity index (χ2v) is 7.03. The minimum atomic E-state index is -1.05. The molecule has 3 aromatic rings. The van der Waals surface area contributed by atoms with Gasteiger partial charge in [-0.05, 0) is 29.2 Å². The van der Waals surface area contributed by atoms with Gasteiger partial charge < -0.3 is 20.1 Å².